The fraction of sp³-hybridized carbons (Fsp3) is 0.300. The van der Waals surface area contributed by atoms with Crippen LogP contribution in [0, 0.1) is 0 Å². The van der Waals surface area contributed by atoms with Crippen molar-refractivity contribution in [3.05, 3.63) is 48.0 Å². The topological polar surface area (TPSA) is 91.4 Å². The normalized spacial score (nSPS) is 11.6. The maximum absolute atomic E-state index is 12.5. The van der Waals surface area contributed by atoms with Gasteiger partial charge in [-0.3, -0.25) is 10.1 Å². The van der Waals surface area contributed by atoms with Gasteiger partial charge in [-0.2, -0.15) is 0 Å². The minimum absolute atomic E-state index is 0.196. The Morgan fingerprint density at radius 1 is 1.14 bits per heavy atom. The van der Waals surface area contributed by atoms with E-state index in [-0.39, 0.29) is 10.8 Å². The Morgan fingerprint density at radius 3 is 2.52 bits per heavy atom. The fourth-order valence-corrected chi connectivity index (χ4v) is 4.75. The van der Waals surface area contributed by atoms with Crippen LogP contribution in [-0.4, -0.2) is 39.9 Å². The first-order chi connectivity index (χ1) is 13.8. The Hall–Kier alpha value is -2.49. The van der Waals surface area contributed by atoms with E-state index >= 15 is 0 Å². The van der Waals surface area contributed by atoms with Gasteiger partial charge in [0.2, 0.25) is 10.0 Å². The quantitative estimate of drug-likeness (QED) is 0.530. The number of hydrogen-bond acceptors (Lipinski definition) is 6. The Bertz CT molecular complexity index is 1110. The van der Waals surface area contributed by atoms with Crippen LogP contribution in [-0.2, 0) is 10.0 Å². The number of amides is 1. The number of nitrogens with one attached hydrogen (secondary N) is 2. The van der Waals surface area contributed by atoms with E-state index in [0.29, 0.717) is 27.5 Å². The summed E-state index contributed by atoms with van der Waals surface area (Å²) in [6.45, 7) is 2.41. The second-order valence-corrected chi connectivity index (χ2v) is 9.59. The number of unbranched alkanes of at least 4 members (excludes halogenated alkanes) is 1. The van der Waals surface area contributed by atoms with Crippen molar-refractivity contribution in [2.75, 3.05) is 30.9 Å². The second kappa shape index (κ2) is 8.89. The lowest BCUT2D eigenvalue weighted by Gasteiger charge is -2.12. The highest BCUT2D eigenvalue weighted by atomic mass is 32.2. The SMILES string of the molecule is CCCCNS(=O)(=O)c1ccc2nc(NC(=O)c3ccc(N(C)C)cc3)sc2c1. The summed E-state index contributed by atoms with van der Waals surface area (Å²) in [6, 6.07) is 12.0. The molecule has 0 radical (unpaired) electrons. The van der Waals surface area contributed by atoms with Crippen molar-refractivity contribution in [1.82, 2.24) is 9.71 Å². The molecule has 0 fully saturated rings. The lowest BCUT2D eigenvalue weighted by molar-refractivity contribution is 0.102. The fourth-order valence-electron chi connectivity index (χ4n) is 2.67. The van der Waals surface area contributed by atoms with Crippen molar-refractivity contribution in [3.63, 3.8) is 0 Å². The molecule has 0 aliphatic rings. The van der Waals surface area contributed by atoms with Crippen LogP contribution in [0.5, 0.6) is 0 Å². The third-order valence-corrected chi connectivity index (χ3v) is 6.75. The summed E-state index contributed by atoms with van der Waals surface area (Å²) in [5.74, 6) is -0.261. The van der Waals surface area contributed by atoms with Crippen molar-refractivity contribution in [3.8, 4) is 0 Å². The zero-order chi connectivity index (χ0) is 21.0. The first-order valence-electron chi connectivity index (χ1n) is 9.29. The molecule has 154 valence electrons. The molecule has 2 aromatic carbocycles. The van der Waals surface area contributed by atoms with Gasteiger partial charge in [0, 0.05) is 31.9 Å². The molecule has 3 aromatic rings. The van der Waals surface area contributed by atoms with Crippen molar-refractivity contribution >= 4 is 48.3 Å². The van der Waals surface area contributed by atoms with E-state index in [9.17, 15) is 13.2 Å². The lowest BCUT2D eigenvalue weighted by Crippen LogP contribution is -2.24. The number of thiazole rings is 1. The standard InChI is InChI=1S/C20H24N4O3S2/c1-4-5-12-21-29(26,27)16-10-11-17-18(13-16)28-20(22-17)23-19(25)14-6-8-15(9-7-14)24(2)3/h6-11,13,21H,4-5,12H2,1-3H3,(H,22,23,25). The van der Waals surface area contributed by atoms with Gasteiger partial charge in [0.1, 0.15) is 0 Å². The van der Waals surface area contributed by atoms with Crippen LogP contribution in [0.25, 0.3) is 10.2 Å². The molecule has 0 aliphatic heterocycles. The number of fused-ring (bicyclic) bond motifs is 1. The summed E-state index contributed by atoms with van der Waals surface area (Å²) in [6.07, 6.45) is 1.70. The van der Waals surface area contributed by atoms with Crippen LogP contribution in [0.15, 0.2) is 47.4 Å². The molecule has 29 heavy (non-hydrogen) atoms. The number of benzene rings is 2. The van der Waals surface area contributed by atoms with Crippen LogP contribution in [0.4, 0.5) is 10.8 Å². The summed E-state index contributed by atoms with van der Waals surface area (Å²) in [7, 11) is 0.315. The highest BCUT2D eigenvalue weighted by molar-refractivity contribution is 7.89. The largest absolute Gasteiger partial charge is 0.378 e. The van der Waals surface area contributed by atoms with Gasteiger partial charge in [-0.1, -0.05) is 24.7 Å². The van der Waals surface area contributed by atoms with Crippen molar-refractivity contribution < 1.29 is 13.2 Å². The molecule has 0 bridgehead atoms. The van der Waals surface area contributed by atoms with E-state index < -0.39 is 10.0 Å². The highest BCUT2D eigenvalue weighted by Crippen LogP contribution is 2.28. The van der Waals surface area contributed by atoms with E-state index in [1.54, 1.807) is 24.3 Å². The second-order valence-electron chi connectivity index (χ2n) is 6.80. The molecule has 1 aromatic heterocycles. The number of nitrogens with zero attached hydrogens (tertiary/aromatic N) is 2. The number of sulfonamides is 1. The molecule has 7 nitrogen and oxygen atoms in total. The van der Waals surface area contributed by atoms with Gasteiger partial charge in [-0.05, 0) is 48.9 Å². The Kier molecular flexibility index (Phi) is 6.51. The Balaban J connectivity index is 1.76. The molecule has 2 N–H and O–H groups in total. The highest BCUT2D eigenvalue weighted by Gasteiger charge is 2.16. The number of aromatic nitrogens is 1. The zero-order valence-electron chi connectivity index (χ0n) is 16.6. The third kappa shape index (κ3) is 5.11. The van der Waals surface area contributed by atoms with Crippen LogP contribution >= 0.6 is 11.3 Å². The predicted octanol–water partition coefficient (Wildman–Crippen LogP) is 3.69. The van der Waals surface area contributed by atoms with Crippen LogP contribution in [0.1, 0.15) is 30.1 Å². The first-order valence-corrected chi connectivity index (χ1v) is 11.6. The maximum atomic E-state index is 12.5. The van der Waals surface area contributed by atoms with E-state index in [0.717, 1.165) is 18.5 Å². The molecule has 0 saturated carbocycles. The predicted molar refractivity (Wildman–Crippen MR) is 118 cm³/mol. The first kappa shape index (κ1) is 21.2. The number of anilines is 2. The van der Waals surface area contributed by atoms with Gasteiger partial charge in [0.05, 0.1) is 15.1 Å². The van der Waals surface area contributed by atoms with Gasteiger partial charge in [-0.15, -0.1) is 0 Å². The summed E-state index contributed by atoms with van der Waals surface area (Å²) in [5, 5.41) is 3.21. The summed E-state index contributed by atoms with van der Waals surface area (Å²) < 4.78 is 28.1. The van der Waals surface area contributed by atoms with Gasteiger partial charge in [0.25, 0.3) is 5.91 Å². The smallest absolute Gasteiger partial charge is 0.257 e. The minimum Gasteiger partial charge on any atom is -0.378 e. The number of hydrogen-bond donors (Lipinski definition) is 2. The summed E-state index contributed by atoms with van der Waals surface area (Å²) in [5.41, 5.74) is 2.17. The Morgan fingerprint density at radius 2 is 1.86 bits per heavy atom. The number of rotatable bonds is 8. The van der Waals surface area contributed by atoms with Crippen molar-refractivity contribution in [2.45, 2.75) is 24.7 Å². The molecule has 0 aliphatic carbocycles. The number of carbonyl (C=O) groups is 1. The van der Waals surface area contributed by atoms with E-state index in [2.05, 4.69) is 15.0 Å². The van der Waals surface area contributed by atoms with Crippen LogP contribution < -0.4 is 14.9 Å². The van der Waals surface area contributed by atoms with Gasteiger partial charge >= 0.3 is 0 Å². The molecule has 3 rings (SSSR count). The molecule has 1 amide bonds. The monoisotopic (exact) mass is 432 g/mol. The van der Waals surface area contributed by atoms with Gasteiger partial charge in [-0.25, -0.2) is 18.1 Å². The minimum atomic E-state index is -3.55. The van der Waals surface area contributed by atoms with Crippen LogP contribution in [0.3, 0.4) is 0 Å². The zero-order valence-corrected chi connectivity index (χ0v) is 18.2. The maximum Gasteiger partial charge on any atom is 0.257 e. The lowest BCUT2D eigenvalue weighted by atomic mass is 10.2. The summed E-state index contributed by atoms with van der Waals surface area (Å²) >= 11 is 1.24. The van der Waals surface area contributed by atoms with Crippen molar-refractivity contribution in [1.29, 1.82) is 0 Å². The van der Waals surface area contributed by atoms with E-state index in [1.807, 2.05) is 38.1 Å². The molecular weight excluding hydrogens is 408 g/mol. The molecule has 0 spiro atoms. The van der Waals surface area contributed by atoms with Gasteiger partial charge in [0.15, 0.2) is 5.13 Å². The van der Waals surface area contributed by atoms with Gasteiger partial charge < -0.3 is 4.90 Å². The summed E-state index contributed by atoms with van der Waals surface area (Å²) in [4.78, 5) is 19.0. The van der Waals surface area contributed by atoms with Crippen LogP contribution in [0.2, 0.25) is 0 Å². The molecule has 0 saturated heterocycles. The third-order valence-electron chi connectivity index (χ3n) is 4.36. The average Bonchev–Trinajstić information content (AvgIpc) is 3.09. The van der Waals surface area contributed by atoms with E-state index in [4.69, 9.17) is 0 Å². The Labute approximate surface area is 174 Å². The van der Waals surface area contributed by atoms with E-state index in [1.165, 1.54) is 17.4 Å². The molecular formula is C20H24N4O3S2. The number of carbonyl (C=O) groups excluding carboxylic acids is 1. The molecule has 1 heterocycles. The molecule has 9 heteroatoms. The van der Waals surface area contributed by atoms with Crippen molar-refractivity contribution in [2.24, 2.45) is 0 Å². The average molecular weight is 433 g/mol. The molecule has 0 unspecified atom stereocenters. The molecule has 0 atom stereocenters.